The van der Waals surface area contributed by atoms with Gasteiger partial charge < -0.3 is 0 Å². The van der Waals surface area contributed by atoms with Crippen LogP contribution in [0.2, 0.25) is 0 Å². The van der Waals surface area contributed by atoms with Gasteiger partial charge in [0.25, 0.3) is 0 Å². The summed E-state index contributed by atoms with van der Waals surface area (Å²) in [6.45, 7) is 2.20. The highest BCUT2D eigenvalue weighted by atomic mass is 79.9. The first-order valence-electron chi connectivity index (χ1n) is 5.94. The van der Waals surface area contributed by atoms with Gasteiger partial charge in [0.1, 0.15) is 0 Å². The summed E-state index contributed by atoms with van der Waals surface area (Å²) in [7, 11) is 0. The highest BCUT2D eigenvalue weighted by Gasteiger charge is 2.14. The van der Waals surface area contributed by atoms with Crippen LogP contribution in [-0.2, 0) is 0 Å². The SMILES string of the molecule is CC(c1ccccc1)c1[nH]nc2cc(Br)ccc12. The summed E-state index contributed by atoms with van der Waals surface area (Å²) in [5.74, 6) is 0.317. The van der Waals surface area contributed by atoms with Gasteiger partial charge >= 0.3 is 0 Å². The summed E-state index contributed by atoms with van der Waals surface area (Å²) in [5.41, 5.74) is 3.47. The zero-order chi connectivity index (χ0) is 12.5. The predicted molar refractivity (Wildman–Crippen MR) is 77.8 cm³/mol. The van der Waals surface area contributed by atoms with Gasteiger partial charge in [-0.3, -0.25) is 5.10 Å². The number of hydrogen-bond donors (Lipinski definition) is 1. The topological polar surface area (TPSA) is 28.7 Å². The predicted octanol–water partition coefficient (Wildman–Crippen LogP) is 4.48. The van der Waals surface area contributed by atoms with E-state index in [1.807, 2.05) is 12.1 Å². The highest BCUT2D eigenvalue weighted by molar-refractivity contribution is 9.10. The Morgan fingerprint density at radius 1 is 1.11 bits per heavy atom. The number of fused-ring (bicyclic) bond motifs is 1. The third kappa shape index (κ3) is 1.95. The van der Waals surface area contributed by atoms with Crippen molar-refractivity contribution in [3.05, 3.63) is 64.3 Å². The molecule has 0 saturated carbocycles. The lowest BCUT2D eigenvalue weighted by Crippen LogP contribution is -1.96. The summed E-state index contributed by atoms with van der Waals surface area (Å²) in [5, 5.41) is 8.73. The second-order valence-corrected chi connectivity index (χ2v) is 5.35. The molecular formula is C15H13BrN2. The Balaban J connectivity index is 2.10. The molecule has 0 fully saturated rings. The van der Waals surface area contributed by atoms with Crippen molar-refractivity contribution in [3.8, 4) is 0 Å². The Morgan fingerprint density at radius 2 is 1.89 bits per heavy atom. The normalized spacial score (nSPS) is 12.8. The van der Waals surface area contributed by atoms with Crippen LogP contribution in [0.3, 0.4) is 0 Å². The minimum Gasteiger partial charge on any atom is -0.281 e. The number of rotatable bonds is 2. The van der Waals surface area contributed by atoms with E-state index in [0.717, 1.165) is 9.99 Å². The van der Waals surface area contributed by atoms with Crippen molar-refractivity contribution in [1.82, 2.24) is 10.2 Å². The Bertz CT molecular complexity index is 673. The molecule has 1 aromatic heterocycles. The van der Waals surface area contributed by atoms with E-state index in [1.165, 1.54) is 16.6 Å². The number of nitrogens with zero attached hydrogens (tertiary/aromatic N) is 1. The van der Waals surface area contributed by atoms with Gasteiger partial charge in [-0.25, -0.2) is 0 Å². The fraction of sp³-hybridized carbons (Fsp3) is 0.133. The van der Waals surface area contributed by atoms with Crippen LogP contribution in [-0.4, -0.2) is 10.2 Å². The van der Waals surface area contributed by atoms with Crippen molar-refractivity contribution >= 4 is 26.8 Å². The molecule has 90 valence electrons. The Labute approximate surface area is 114 Å². The molecule has 0 spiro atoms. The molecule has 0 aliphatic carbocycles. The van der Waals surface area contributed by atoms with Crippen LogP contribution in [0.5, 0.6) is 0 Å². The van der Waals surface area contributed by atoms with Crippen LogP contribution in [0.4, 0.5) is 0 Å². The number of aromatic amines is 1. The maximum atomic E-state index is 4.37. The third-order valence-electron chi connectivity index (χ3n) is 3.28. The number of H-pyrrole nitrogens is 1. The number of hydrogen-bond acceptors (Lipinski definition) is 1. The quantitative estimate of drug-likeness (QED) is 0.743. The molecule has 0 bridgehead atoms. The average molecular weight is 301 g/mol. The first kappa shape index (κ1) is 11.5. The smallest absolute Gasteiger partial charge is 0.0935 e. The van der Waals surface area contributed by atoms with Gasteiger partial charge in [-0.2, -0.15) is 5.10 Å². The molecule has 1 atom stereocenters. The number of nitrogens with one attached hydrogen (secondary N) is 1. The average Bonchev–Trinajstić information content (AvgIpc) is 2.81. The molecule has 2 aromatic carbocycles. The minimum absolute atomic E-state index is 0.317. The zero-order valence-electron chi connectivity index (χ0n) is 10.0. The molecule has 0 amide bonds. The molecule has 0 aliphatic heterocycles. The van der Waals surface area contributed by atoms with E-state index in [0.29, 0.717) is 5.92 Å². The highest BCUT2D eigenvalue weighted by Crippen LogP contribution is 2.29. The molecule has 1 unspecified atom stereocenters. The first-order chi connectivity index (χ1) is 8.75. The van der Waals surface area contributed by atoms with Crippen LogP contribution < -0.4 is 0 Å². The van der Waals surface area contributed by atoms with E-state index in [1.54, 1.807) is 0 Å². The van der Waals surface area contributed by atoms with Gasteiger partial charge in [-0.05, 0) is 23.8 Å². The van der Waals surface area contributed by atoms with Crippen LogP contribution in [0.1, 0.15) is 24.1 Å². The minimum atomic E-state index is 0.317. The number of aromatic nitrogens is 2. The zero-order valence-corrected chi connectivity index (χ0v) is 11.6. The van der Waals surface area contributed by atoms with E-state index in [-0.39, 0.29) is 0 Å². The maximum Gasteiger partial charge on any atom is 0.0935 e. The van der Waals surface area contributed by atoms with E-state index in [4.69, 9.17) is 0 Å². The van der Waals surface area contributed by atoms with Crippen LogP contribution in [0.15, 0.2) is 53.0 Å². The first-order valence-corrected chi connectivity index (χ1v) is 6.73. The Kier molecular flexibility index (Phi) is 2.92. The van der Waals surface area contributed by atoms with E-state index in [2.05, 4.69) is 69.4 Å². The molecule has 1 N–H and O–H groups in total. The lowest BCUT2D eigenvalue weighted by molar-refractivity contribution is 0.862. The standard InChI is InChI=1S/C15H13BrN2/c1-10(11-5-3-2-4-6-11)15-13-8-7-12(16)9-14(13)17-18-15/h2-10H,1H3,(H,17,18). The Hall–Kier alpha value is -1.61. The van der Waals surface area contributed by atoms with Crippen molar-refractivity contribution in [1.29, 1.82) is 0 Å². The monoisotopic (exact) mass is 300 g/mol. The molecular weight excluding hydrogens is 288 g/mol. The maximum absolute atomic E-state index is 4.37. The van der Waals surface area contributed by atoms with E-state index < -0.39 is 0 Å². The summed E-state index contributed by atoms with van der Waals surface area (Å²) in [6, 6.07) is 16.7. The molecule has 3 rings (SSSR count). The van der Waals surface area contributed by atoms with Gasteiger partial charge in [0.05, 0.1) is 11.2 Å². The largest absolute Gasteiger partial charge is 0.281 e. The lowest BCUT2D eigenvalue weighted by Gasteiger charge is -2.10. The molecule has 3 heteroatoms. The molecule has 3 aromatic rings. The van der Waals surface area contributed by atoms with Crippen molar-refractivity contribution in [2.75, 3.05) is 0 Å². The summed E-state index contributed by atoms with van der Waals surface area (Å²) in [6.07, 6.45) is 0. The summed E-state index contributed by atoms with van der Waals surface area (Å²) in [4.78, 5) is 0. The van der Waals surface area contributed by atoms with Gasteiger partial charge in [-0.15, -0.1) is 0 Å². The lowest BCUT2D eigenvalue weighted by atomic mass is 9.96. The fourth-order valence-corrected chi connectivity index (χ4v) is 2.59. The molecule has 0 radical (unpaired) electrons. The third-order valence-corrected chi connectivity index (χ3v) is 3.77. The van der Waals surface area contributed by atoms with Crippen LogP contribution in [0.25, 0.3) is 10.9 Å². The second-order valence-electron chi connectivity index (χ2n) is 4.43. The fourth-order valence-electron chi connectivity index (χ4n) is 2.24. The van der Waals surface area contributed by atoms with E-state index >= 15 is 0 Å². The molecule has 1 heterocycles. The van der Waals surface area contributed by atoms with Crippen molar-refractivity contribution in [3.63, 3.8) is 0 Å². The van der Waals surface area contributed by atoms with Gasteiger partial charge in [0.2, 0.25) is 0 Å². The van der Waals surface area contributed by atoms with Gasteiger partial charge in [0, 0.05) is 15.8 Å². The number of benzene rings is 2. The number of halogens is 1. The van der Waals surface area contributed by atoms with Crippen molar-refractivity contribution in [2.24, 2.45) is 0 Å². The summed E-state index contributed by atoms with van der Waals surface area (Å²) < 4.78 is 1.06. The molecule has 0 saturated heterocycles. The van der Waals surface area contributed by atoms with Crippen LogP contribution >= 0.6 is 15.9 Å². The van der Waals surface area contributed by atoms with Crippen molar-refractivity contribution in [2.45, 2.75) is 12.8 Å². The van der Waals surface area contributed by atoms with Gasteiger partial charge in [0.15, 0.2) is 0 Å². The molecule has 0 aliphatic rings. The molecule has 2 nitrogen and oxygen atoms in total. The second kappa shape index (κ2) is 4.58. The molecule has 18 heavy (non-hydrogen) atoms. The summed E-state index contributed by atoms with van der Waals surface area (Å²) >= 11 is 3.47. The Morgan fingerprint density at radius 3 is 2.67 bits per heavy atom. The van der Waals surface area contributed by atoms with E-state index in [9.17, 15) is 0 Å². The van der Waals surface area contributed by atoms with Gasteiger partial charge in [-0.1, -0.05) is 53.2 Å². The van der Waals surface area contributed by atoms with Crippen molar-refractivity contribution < 1.29 is 0 Å². The van der Waals surface area contributed by atoms with Crippen LogP contribution in [0, 0.1) is 0 Å².